The summed E-state index contributed by atoms with van der Waals surface area (Å²) in [5.74, 6) is 0. The predicted molar refractivity (Wildman–Crippen MR) is 77.0 cm³/mol. The van der Waals surface area contributed by atoms with E-state index in [2.05, 4.69) is 15.0 Å². The highest BCUT2D eigenvalue weighted by Crippen LogP contribution is 2.24. The van der Waals surface area contributed by atoms with Crippen LogP contribution in [0.5, 0.6) is 0 Å². The van der Waals surface area contributed by atoms with Crippen molar-refractivity contribution in [1.29, 1.82) is 0 Å². The molecule has 19 heavy (non-hydrogen) atoms. The van der Waals surface area contributed by atoms with E-state index in [4.69, 9.17) is 0 Å². The second-order valence-corrected chi connectivity index (χ2v) is 4.06. The van der Waals surface area contributed by atoms with Crippen LogP contribution < -0.4 is 10.2 Å². The van der Waals surface area contributed by atoms with E-state index in [1.807, 2.05) is 61.6 Å². The number of amides is 1. The van der Waals surface area contributed by atoms with Gasteiger partial charge in [-0.3, -0.25) is 5.32 Å². The molecule has 98 valence electrons. The number of rotatable bonds is 3. The molecule has 2 rings (SSSR count). The molecule has 2 aromatic rings. The molecule has 1 N–H and O–H groups in total. The van der Waals surface area contributed by atoms with Crippen molar-refractivity contribution in [3.05, 3.63) is 54.6 Å². The van der Waals surface area contributed by atoms with Crippen molar-refractivity contribution < 1.29 is 9.53 Å². The Balaban J connectivity index is 2.12. The Labute approximate surface area is 112 Å². The van der Waals surface area contributed by atoms with Crippen LogP contribution in [0, 0.1) is 0 Å². The molecule has 0 aliphatic carbocycles. The molecule has 0 radical (unpaired) electrons. The van der Waals surface area contributed by atoms with Crippen molar-refractivity contribution in [1.82, 2.24) is 0 Å². The van der Waals surface area contributed by atoms with Crippen molar-refractivity contribution in [2.75, 3.05) is 24.4 Å². The fourth-order valence-corrected chi connectivity index (χ4v) is 1.74. The molecule has 0 unspecified atom stereocenters. The number of para-hydroxylation sites is 1. The summed E-state index contributed by atoms with van der Waals surface area (Å²) < 4.78 is 4.54. The number of carbonyl (C=O) groups excluding carboxylic acids is 1. The predicted octanol–water partition coefficient (Wildman–Crippen LogP) is 3.63. The van der Waals surface area contributed by atoms with E-state index >= 15 is 0 Å². The molecule has 0 fully saturated rings. The van der Waals surface area contributed by atoms with Gasteiger partial charge >= 0.3 is 6.09 Å². The Hall–Kier alpha value is -2.49. The lowest BCUT2D eigenvalue weighted by atomic mass is 10.2. The molecule has 0 saturated carbocycles. The van der Waals surface area contributed by atoms with Crippen molar-refractivity contribution in [2.45, 2.75) is 0 Å². The number of hydrogen-bond acceptors (Lipinski definition) is 3. The van der Waals surface area contributed by atoms with Gasteiger partial charge in [-0.15, -0.1) is 0 Å². The minimum absolute atomic E-state index is 0.468. The van der Waals surface area contributed by atoms with Gasteiger partial charge < -0.3 is 9.64 Å². The van der Waals surface area contributed by atoms with Gasteiger partial charge in [-0.1, -0.05) is 18.2 Å². The summed E-state index contributed by atoms with van der Waals surface area (Å²) in [5, 5.41) is 2.62. The van der Waals surface area contributed by atoms with E-state index < -0.39 is 6.09 Å². The normalized spacial score (nSPS) is 9.79. The number of carbonyl (C=O) groups is 1. The van der Waals surface area contributed by atoms with Gasteiger partial charge in [0.05, 0.1) is 7.11 Å². The minimum atomic E-state index is -0.468. The monoisotopic (exact) mass is 256 g/mol. The highest BCUT2D eigenvalue weighted by molar-refractivity contribution is 5.84. The molecule has 0 aliphatic rings. The van der Waals surface area contributed by atoms with Gasteiger partial charge in [0.2, 0.25) is 0 Å². The van der Waals surface area contributed by atoms with Crippen LogP contribution in [0.4, 0.5) is 21.9 Å². The SMILES string of the molecule is COC(=O)Nc1ccc(N(C)c2ccccc2)cc1. The quantitative estimate of drug-likeness (QED) is 0.911. The average molecular weight is 256 g/mol. The number of hydrogen-bond donors (Lipinski definition) is 1. The zero-order chi connectivity index (χ0) is 13.7. The number of benzene rings is 2. The molecule has 4 nitrogen and oxygen atoms in total. The first-order chi connectivity index (χ1) is 9.20. The van der Waals surface area contributed by atoms with E-state index in [9.17, 15) is 4.79 Å². The van der Waals surface area contributed by atoms with E-state index in [1.165, 1.54) is 7.11 Å². The maximum atomic E-state index is 11.1. The van der Waals surface area contributed by atoms with Crippen LogP contribution in [0.25, 0.3) is 0 Å². The van der Waals surface area contributed by atoms with Crippen molar-refractivity contribution in [3.63, 3.8) is 0 Å². The summed E-state index contributed by atoms with van der Waals surface area (Å²) in [6.45, 7) is 0. The lowest BCUT2D eigenvalue weighted by Gasteiger charge is -2.19. The Morgan fingerprint density at radius 2 is 1.58 bits per heavy atom. The Morgan fingerprint density at radius 1 is 1.00 bits per heavy atom. The van der Waals surface area contributed by atoms with Gasteiger partial charge in [-0.05, 0) is 36.4 Å². The van der Waals surface area contributed by atoms with Crippen molar-refractivity contribution >= 4 is 23.2 Å². The maximum absolute atomic E-state index is 11.1. The Morgan fingerprint density at radius 3 is 2.16 bits per heavy atom. The number of nitrogens with zero attached hydrogens (tertiary/aromatic N) is 1. The highest BCUT2D eigenvalue weighted by Gasteiger charge is 2.04. The molecule has 0 bridgehead atoms. The average Bonchev–Trinajstić information content (AvgIpc) is 2.48. The summed E-state index contributed by atoms with van der Waals surface area (Å²) in [6.07, 6.45) is -0.468. The molecule has 0 spiro atoms. The van der Waals surface area contributed by atoms with Gasteiger partial charge in [0.1, 0.15) is 0 Å². The first-order valence-corrected chi connectivity index (χ1v) is 5.94. The van der Waals surface area contributed by atoms with E-state index in [0.717, 1.165) is 11.4 Å². The van der Waals surface area contributed by atoms with Crippen LogP contribution >= 0.6 is 0 Å². The van der Waals surface area contributed by atoms with Crippen molar-refractivity contribution in [3.8, 4) is 0 Å². The van der Waals surface area contributed by atoms with Crippen LogP contribution in [0.15, 0.2) is 54.6 Å². The van der Waals surface area contributed by atoms with Crippen LogP contribution in [0.3, 0.4) is 0 Å². The van der Waals surface area contributed by atoms with Crippen molar-refractivity contribution in [2.24, 2.45) is 0 Å². The van der Waals surface area contributed by atoms with E-state index in [-0.39, 0.29) is 0 Å². The molecule has 0 saturated heterocycles. The van der Waals surface area contributed by atoms with Gasteiger partial charge in [-0.2, -0.15) is 0 Å². The number of ether oxygens (including phenoxy) is 1. The standard InChI is InChI=1S/C15H16N2O2/c1-17(13-6-4-3-5-7-13)14-10-8-12(9-11-14)16-15(18)19-2/h3-11H,1-2H3,(H,16,18). The Kier molecular flexibility index (Phi) is 4.03. The first-order valence-electron chi connectivity index (χ1n) is 5.94. The third-order valence-electron chi connectivity index (χ3n) is 2.83. The van der Waals surface area contributed by atoms with Gasteiger partial charge in [0, 0.05) is 24.1 Å². The molecule has 4 heteroatoms. The highest BCUT2D eigenvalue weighted by atomic mass is 16.5. The van der Waals surface area contributed by atoms with E-state index in [1.54, 1.807) is 0 Å². The molecule has 2 aromatic carbocycles. The zero-order valence-electron chi connectivity index (χ0n) is 11.0. The fourth-order valence-electron chi connectivity index (χ4n) is 1.74. The summed E-state index contributed by atoms with van der Waals surface area (Å²) in [6, 6.07) is 17.6. The molecule has 0 heterocycles. The van der Waals surface area contributed by atoms with Gasteiger partial charge in [0.25, 0.3) is 0 Å². The number of methoxy groups -OCH3 is 1. The smallest absolute Gasteiger partial charge is 0.411 e. The largest absolute Gasteiger partial charge is 0.453 e. The fraction of sp³-hybridized carbons (Fsp3) is 0.133. The molecule has 0 atom stereocenters. The molecular weight excluding hydrogens is 240 g/mol. The lowest BCUT2D eigenvalue weighted by Crippen LogP contribution is -2.12. The minimum Gasteiger partial charge on any atom is -0.453 e. The molecule has 0 aromatic heterocycles. The Bertz CT molecular complexity index is 538. The molecule has 0 aliphatic heterocycles. The van der Waals surface area contributed by atoms with E-state index in [0.29, 0.717) is 5.69 Å². The van der Waals surface area contributed by atoms with Crippen LogP contribution in [0.2, 0.25) is 0 Å². The molecular formula is C15H16N2O2. The van der Waals surface area contributed by atoms with Gasteiger partial charge in [0.15, 0.2) is 0 Å². The third-order valence-corrected chi connectivity index (χ3v) is 2.83. The van der Waals surface area contributed by atoms with Crippen LogP contribution in [0.1, 0.15) is 0 Å². The van der Waals surface area contributed by atoms with Crippen LogP contribution in [-0.4, -0.2) is 20.3 Å². The summed E-state index contributed by atoms with van der Waals surface area (Å²) in [5.41, 5.74) is 2.86. The summed E-state index contributed by atoms with van der Waals surface area (Å²) in [7, 11) is 3.34. The molecule has 1 amide bonds. The second-order valence-electron chi connectivity index (χ2n) is 4.06. The third kappa shape index (κ3) is 3.25. The first kappa shape index (κ1) is 13.0. The zero-order valence-corrected chi connectivity index (χ0v) is 11.0. The van der Waals surface area contributed by atoms with Gasteiger partial charge in [-0.25, -0.2) is 4.79 Å². The summed E-state index contributed by atoms with van der Waals surface area (Å²) in [4.78, 5) is 13.1. The number of nitrogens with one attached hydrogen (secondary N) is 1. The lowest BCUT2D eigenvalue weighted by molar-refractivity contribution is 0.187. The summed E-state index contributed by atoms with van der Waals surface area (Å²) >= 11 is 0. The second kappa shape index (κ2) is 5.91. The number of anilines is 3. The topological polar surface area (TPSA) is 41.6 Å². The van der Waals surface area contributed by atoms with Crippen LogP contribution in [-0.2, 0) is 4.74 Å². The maximum Gasteiger partial charge on any atom is 0.411 e.